The Balaban J connectivity index is 1.28. The molecule has 2 aromatic heterocycles. The first-order chi connectivity index (χ1) is 23.1. The molecule has 1 aliphatic heterocycles. The molecule has 0 bridgehead atoms. The van der Waals surface area contributed by atoms with Crippen molar-refractivity contribution in [2.45, 2.75) is 43.4 Å². The summed E-state index contributed by atoms with van der Waals surface area (Å²) in [5.74, 6) is -0.543. The van der Waals surface area contributed by atoms with Crippen LogP contribution in [0.3, 0.4) is 0 Å². The standard InChI is InChI=1S/C31H32ClN9O6S/c32-22-6-11-28(41-18-33-38-39-41)21(15-22)5-12-29(42)35-26(14-19-2-1-13-40(17-19)48(46,47)24-9-10-24)27-16-25(30(43)37-36-27)20-3-7-23(8-4-20)34-31(44)45/h3-8,11-12,15-16,18-19,24,26,34H,1-2,9-10,13-14,17H2,(H,35,42)(H,37,43)(H,44,45)/t19-,26?/m0/s1. The molecule has 1 saturated heterocycles. The number of carboxylic acid groups (broad SMARTS) is 1. The lowest BCUT2D eigenvalue weighted by Gasteiger charge is -2.33. The maximum Gasteiger partial charge on any atom is 0.409 e. The third-order valence-corrected chi connectivity index (χ3v) is 10.9. The van der Waals surface area contributed by atoms with Gasteiger partial charge >= 0.3 is 6.09 Å². The van der Waals surface area contributed by atoms with E-state index in [9.17, 15) is 22.8 Å². The maximum absolute atomic E-state index is 13.5. The number of benzene rings is 2. The number of anilines is 1. The van der Waals surface area contributed by atoms with Crippen molar-refractivity contribution in [2.24, 2.45) is 5.92 Å². The second-order valence-electron chi connectivity index (χ2n) is 11.7. The van der Waals surface area contributed by atoms with Gasteiger partial charge in [-0.1, -0.05) is 23.7 Å². The van der Waals surface area contributed by atoms with E-state index in [-0.39, 0.29) is 16.7 Å². The molecule has 1 unspecified atom stereocenters. The van der Waals surface area contributed by atoms with Crippen molar-refractivity contribution >= 4 is 45.4 Å². The number of hydrogen-bond acceptors (Lipinski definition) is 9. The molecule has 0 radical (unpaired) electrons. The van der Waals surface area contributed by atoms with Crippen LogP contribution in [0.1, 0.15) is 49.4 Å². The van der Waals surface area contributed by atoms with Crippen LogP contribution in [0.25, 0.3) is 22.9 Å². The summed E-state index contributed by atoms with van der Waals surface area (Å²) in [6.07, 6.45) is 6.29. The van der Waals surface area contributed by atoms with E-state index in [1.807, 2.05) is 0 Å². The van der Waals surface area contributed by atoms with Crippen molar-refractivity contribution in [3.8, 4) is 16.8 Å². The number of hydrogen-bond donors (Lipinski definition) is 4. The quantitative estimate of drug-likeness (QED) is 0.168. The van der Waals surface area contributed by atoms with Gasteiger partial charge in [0.25, 0.3) is 5.56 Å². The average molecular weight is 694 g/mol. The summed E-state index contributed by atoms with van der Waals surface area (Å²) in [6, 6.07) is 12.2. The predicted octanol–water partition coefficient (Wildman–Crippen LogP) is 3.62. The van der Waals surface area contributed by atoms with Crippen molar-refractivity contribution < 1.29 is 23.1 Å². The molecule has 2 atom stereocenters. The number of carbonyl (C=O) groups excluding carboxylic acids is 1. The van der Waals surface area contributed by atoms with E-state index in [4.69, 9.17) is 16.7 Å². The van der Waals surface area contributed by atoms with Crippen LogP contribution in [0.4, 0.5) is 10.5 Å². The Morgan fingerprint density at radius 2 is 1.92 bits per heavy atom. The Morgan fingerprint density at radius 3 is 2.62 bits per heavy atom. The van der Waals surface area contributed by atoms with E-state index >= 15 is 0 Å². The number of rotatable bonds is 11. The van der Waals surface area contributed by atoms with Crippen LogP contribution in [0.2, 0.25) is 5.02 Å². The molecule has 17 heteroatoms. The number of piperidine rings is 1. The van der Waals surface area contributed by atoms with E-state index in [1.165, 1.54) is 29.2 Å². The van der Waals surface area contributed by atoms with Crippen LogP contribution in [-0.2, 0) is 14.8 Å². The summed E-state index contributed by atoms with van der Waals surface area (Å²) in [4.78, 5) is 37.3. The molecule has 15 nitrogen and oxygen atoms in total. The lowest BCUT2D eigenvalue weighted by atomic mass is 9.90. The Hall–Kier alpha value is -4.93. The number of H-pyrrole nitrogens is 1. The molecule has 48 heavy (non-hydrogen) atoms. The highest BCUT2D eigenvalue weighted by atomic mass is 35.5. The first-order valence-electron chi connectivity index (χ1n) is 15.3. The lowest BCUT2D eigenvalue weighted by Crippen LogP contribution is -2.42. The summed E-state index contributed by atoms with van der Waals surface area (Å²) in [6.45, 7) is 0.791. The van der Waals surface area contributed by atoms with Crippen molar-refractivity contribution in [1.29, 1.82) is 0 Å². The molecule has 2 amide bonds. The number of amides is 2. The molecule has 2 aromatic carbocycles. The summed E-state index contributed by atoms with van der Waals surface area (Å²) < 4.78 is 29.1. The van der Waals surface area contributed by atoms with Gasteiger partial charge in [0.2, 0.25) is 15.9 Å². The normalized spacial score (nSPS) is 17.6. The zero-order chi connectivity index (χ0) is 33.8. The van der Waals surface area contributed by atoms with Crippen LogP contribution >= 0.6 is 11.6 Å². The van der Waals surface area contributed by atoms with Crippen molar-refractivity contribution in [3.63, 3.8) is 0 Å². The van der Waals surface area contributed by atoms with Gasteiger partial charge in [0, 0.05) is 35.4 Å². The van der Waals surface area contributed by atoms with Gasteiger partial charge in [-0.05, 0) is 96.5 Å². The number of aromatic nitrogens is 6. The van der Waals surface area contributed by atoms with Gasteiger partial charge in [0.1, 0.15) is 6.33 Å². The monoisotopic (exact) mass is 693 g/mol. The Morgan fingerprint density at radius 1 is 1.12 bits per heavy atom. The number of aromatic amines is 1. The Bertz CT molecular complexity index is 2000. The molecule has 2 aliphatic rings. The second kappa shape index (κ2) is 14.0. The third-order valence-electron chi connectivity index (χ3n) is 8.30. The molecule has 4 N–H and O–H groups in total. The molecule has 3 heterocycles. The fraction of sp³-hybridized carbons (Fsp3) is 0.323. The zero-order valence-corrected chi connectivity index (χ0v) is 27.1. The van der Waals surface area contributed by atoms with Crippen LogP contribution < -0.4 is 16.2 Å². The lowest BCUT2D eigenvalue weighted by molar-refractivity contribution is -0.117. The van der Waals surface area contributed by atoms with Crippen molar-refractivity contribution in [1.82, 2.24) is 40.0 Å². The number of nitrogens with zero attached hydrogens (tertiary/aromatic N) is 6. The van der Waals surface area contributed by atoms with E-state index in [0.29, 0.717) is 72.0 Å². The minimum atomic E-state index is -3.37. The molecule has 2 fully saturated rings. The minimum absolute atomic E-state index is 0.0838. The number of halogens is 1. The maximum atomic E-state index is 13.5. The number of sulfonamides is 1. The van der Waals surface area contributed by atoms with Gasteiger partial charge in [-0.2, -0.15) is 9.78 Å². The molecular formula is C31H32ClN9O6S. The molecule has 1 aliphatic carbocycles. The van der Waals surface area contributed by atoms with Crippen LogP contribution in [-0.4, -0.2) is 78.6 Å². The SMILES string of the molecule is O=C(O)Nc1ccc(-c2cc(C(C[C@@H]3CCCN(S(=O)(=O)C4CC4)C3)NC(=O)C=Cc3cc(Cl)ccc3-n3cnnn3)n[nH]c2=O)cc1. The largest absolute Gasteiger partial charge is 0.465 e. The minimum Gasteiger partial charge on any atom is -0.465 e. The molecule has 4 aromatic rings. The Kier molecular flexibility index (Phi) is 9.66. The predicted molar refractivity (Wildman–Crippen MR) is 177 cm³/mol. The smallest absolute Gasteiger partial charge is 0.409 e. The highest BCUT2D eigenvalue weighted by molar-refractivity contribution is 7.90. The summed E-state index contributed by atoms with van der Waals surface area (Å²) in [5.41, 5.74) is 2.19. The first-order valence-corrected chi connectivity index (χ1v) is 17.2. The number of nitrogens with one attached hydrogen (secondary N) is 3. The summed E-state index contributed by atoms with van der Waals surface area (Å²) in [5, 5.41) is 32.4. The van der Waals surface area contributed by atoms with Gasteiger partial charge in [0.05, 0.1) is 28.2 Å². The van der Waals surface area contributed by atoms with Gasteiger partial charge in [0.15, 0.2) is 0 Å². The average Bonchev–Trinajstić information content (AvgIpc) is 3.80. The van der Waals surface area contributed by atoms with Crippen LogP contribution in [0.15, 0.2) is 65.7 Å². The Labute approximate surface area is 280 Å². The second-order valence-corrected chi connectivity index (χ2v) is 14.4. The summed E-state index contributed by atoms with van der Waals surface area (Å²) >= 11 is 6.23. The molecular weight excluding hydrogens is 662 g/mol. The third kappa shape index (κ3) is 7.78. The highest BCUT2D eigenvalue weighted by Crippen LogP contribution is 2.35. The van der Waals surface area contributed by atoms with E-state index in [2.05, 4.69) is 36.4 Å². The van der Waals surface area contributed by atoms with Gasteiger partial charge in [-0.25, -0.2) is 22.6 Å². The first kappa shape index (κ1) is 33.0. The van der Waals surface area contributed by atoms with Gasteiger partial charge in [-0.15, -0.1) is 5.10 Å². The van der Waals surface area contributed by atoms with Crippen LogP contribution in [0.5, 0.6) is 0 Å². The molecule has 250 valence electrons. The molecule has 0 spiro atoms. The van der Waals surface area contributed by atoms with E-state index in [1.54, 1.807) is 46.8 Å². The van der Waals surface area contributed by atoms with Gasteiger partial charge < -0.3 is 10.4 Å². The van der Waals surface area contributed by atoms with E-state index < -0.39 is 33.6 Å². The van der Waals surface area contributed by atoms with E-state index in [0.717, 1.165) is 6.42 Å². The fourth-order valence-electron chi connectivity index (χ4n) is 5.81. The zero-order valence-electron chi connectivity index (χ0n) is 25.5. The molecule has 1 saturated carbocycles. The molecule has 6 rings (SSSR count). The topological polar surface area (TPSA) is 205 Å². The van der Waals surface area contributed by atoms with Crippen molar-refractivity contribution in [3.05, 3.63) is 87.6 Å². The number of tetrazole rings is 1. The number of carbonyl (C=O) groups is 2. The van der Waals surface area contributed by atoms with Crippen molar-refractivity contribution in [2.75, 3.05) is 18.4 Å². The summed E-state index contributed by atoms with van der Waals surface area (Å²) in [7, 11) is -3.37. The van der Waals surface area contributed by atoms with Gasteiger partial charge in [-0.3, -0.25) is 14.9 Å². The highest BCUT2D eigenvalue weighted by Gasteiger charge is 2.42. The fourth-order valence-corrected chi connectivity index (χ4v) is 7.95. The van der Waals surface area contributed by atoms with Crippen LogP contribution in [0, 0.1) is 5.92 Å².